The fraction of sp³-hybridized carbons (Fsp3) is 0.350. The Hall–Kier alpha value is -3.09. The van der Waals surface area contributed by atoms with Crippen molar-refractivity contribution in [2.75, 3.05) is 6.54 Å². The first kappa shape index (κ1) is 17.3. The van der Waals surface area contributed by atoms with E-state index in [4.69, 9.17) is 13.7 Å². The van der Waals surface area contributed by atoms with E-state index in [1.54, 1.807) is 11.2 Å². The van der Waals surface area contributed by atoms with Crippen molar-refractivity contribution >= 4 is 5.91 Å². The van der Waals surface area contributed by atoms with Gasteiger partial charge in [0.25, 0.3) is 0 Å². The van der Waals surface area contributed by atoms with E-state index in [0.717, 1.165) is 17.1 Å². The fourth-order valence-corrected chi connectivity index (χ4v) is 3.15. The lowest BCUT2D eigenvalue weighted by Gasteiger charge is -2.13. The number of benzene rings is 1. The van der Waals surface area contributed by atoms with E-state index in [2.05, 4.69) is 10.1 Å². The molecule has 0 radical (unpaired) electrons. The van der Waals surface area contributed by atoms with Crippen LogP contribution in [0.5, 0.6) is 5.75 Å². The van der Waals surface area contributed by atoms with Crippen LogP contribution >= 0.6 is 0 Å². The molecule has 0 aliphatic carbocycles. The van der Waals surface area contributed by atoms with E-state index in [0.29, 0.717) is 31.2 Å². The zero-order valence-corrected chi connectivity index (χ0v) is 15.3. The summed E-state index contributed by atoms with van der Waals surface area (Å²) in [5.41, 5.74) is 0.845. The number of carbonyl (C=O) groups is 1. The quantitative estimate of drug-likeness (QED) is 0.662. The van der Waals surface area contributed by atoms with Crippen molar-refractivity contribution in [1.82, 2.24) is 15.0 Å². The number of hydrogen-bond donors (Lipinski definition) is 0. The fourth-order valence-electron chi connectivity index (χ4n) is 3.15. The Morgan fingerprint density at radius 3 is 2.78 bits per heavy atom. The molecule has 0 N–H and O–H groups in total. The van der Waals surface area contributed by atoms with Gasteiger partial charge in [-0.2, -0.15) is 4.98 Å². The van der Waals surface area contributed by atoms with Crippen molar-refractivity contribution in [3.8, 4) is 17.1 Å². The SMILES string of the molecule is CC(C)Oc1ccc(-c2noc(C3CC(=O)N(Cc4ccco4)C3)n2)cc1. The van der Waals surface area contributed by atoms with Crippen LogP contribution in [0.15, 0.2) is 51.6 Å². The maximum absolute atomic E-state index is 12.3. The number of carbonyl (C=O) groups excluding carboxylic acids is 1. The van der Waals surface area contributed by atoms with Gasteiger partial charge in [-0.25, -0.2) is 0 Å². The van der Waals surface area contributed by atoms with Crippen molar-refractivity contribution in [2.45, 2.75) is 38.8 Å². The summed E-state index contributed by atoms with van der Waals surface area (Å²) in [5, 5.41) is 4.07. The van der Waals surface area contributed by atoms with Gasteiger partial charge in [0.1, 0.15) is 11.5 Å². The van der Waals surface area contributed by atoms with Crippen LogP contribution in [-0.4, -0.2) is 33.6 Å². The van der Waals surface area contributed by atoms with Gasteiger partial charge >= 0.3 is 0 Å². The summed E-state index contributed by atoms with van der Waals surface area (Å²) in [4.78, 5) is 18.5. The number of hydrogen-bond acceptors (Lipinski definition) is 6. The molecule has 1 atom stereocenters. The minimum atomic E-state index is -0.0998. The van der Waals surface area contributed by atoms with Gasteiger partial charge in [-0.3, -0.25) is 4.79 Å². The summed E-state index contributed by atoms with van der Waals surface area (Å²) in [7, 11) is 0. The Labute approximate surface area is 156 Å². The number of amides is 1. The summed E-state index contributed by atoms with van der Waals surface area (Å²) >= 11 is 0. The van der Waals surface area contributed by atoms with Crippen molar-refractivity contribution in [2.24, 2.45) is 0 Å². The Morgan fingerprint density at radius 2 is 2.07 bits per heavy atom. The van der Waals surface area contributed by atoms with Gasteiger partial charge < -0.3 is 18.6 Å². The van der Waals surface area contributed by atoms with Crippen LogP contribution in [-0.2, 0) is 11.3 Å². The van der Waals surface area contributed by atoms with E-state index in [-0.39, 0.29) is 17.9 Å². The molecule has 7 nitrogen and oxygen atoms in total. The van der Waals surface area contributed by atoms with Crippen molar-refractivity contribution < 1.29 is 18.5 Å². The number of likely N-dealkylation sites (tertiary alicyclic amines) is 1. The van der Waals surface area contributed by atoms with Crippen LogP contribution in [0.3, 0.4) is 0 Å². The molecule has 3 aromatic rings. The highest BCUT2D eigenvalue weighted by atomic mass is 16.5. The molecule has 0 bridgehead atoms. The molecule has 2 aromatic heterocycles. The van der Waals surface area contributed by atoms with Gasteiger partial charge in [-0.1, -0.05) is 5.16 Å². The standard InChI is InChI=1S/C20H21N3O4/c1-13(2)26-16-7-5-14(6-8-16)19-21-20(27-22-19)15-10-18(24)23(11-15)12-17-4-3-9-25-17/h3-9,13,15H,10-12H2,1-2H3. The number of nitrogens with zero attached hydrogens (tertiary/aromatic N) is 3. The minimum Gasteiger partial charge on any atom is -0.491 e. The van der Waals surface area contributed by atoms with Crippen molar-refractivity contribution in [3.63, 3.8) is 0 Å². The second-order valence-electron chi connectivity index (χ2n) is 6.90. The first-order valence-corrected chi connectivity index (χ1v) is 8.99. The molecule has 0 spiro atoms. The lowest BCUT2D eigenvalue weighted by atomic mass is 10.1. The summed E-state index contributed by atoms with van der Waals surface area (Å²) in [6, 6.07) is 11.2. The molecule has 140 valence electrons. The molecule has 0 saturated carbocycles. The Morgan fingerprint density at radius 1 is 1.26 bits per heavy atom. The molecule has 1 aliphatic heterocycles. The van der Waals surface area contributed by atoms with Gasteiger partial charge in [0, 0.05) is 18.5 Å². The minimum absolute atomic E-state index is 0.0614. The Balaban J connectivity index is 1.44. The number of aromatic nitrogens is 2. The second kappa shape index (κ2) is 7.26. The maximum Gasteiger partial charge on any atom is 0.232 e. The summed E-state index contributed by atoms with van der Waals surface area (Å²) < 4.78 is 16.4. The molecule has 1 fully saturated rings. The summed E-state index contributed by atoms with van der Waals surface area (Å²) in [6.45, 7) is 4.97. The van der Waals surface area contributed by atoms with E-state index >= 15 is 0 Å². The summed E-state index contributed by atoms with van der Waals surface area (Å²) in [5.74, 6) is 2.52. The first-order chi connectivity index (χ1) is 13.1. The van der Waals surface area contributed by atoms with E-state index in [1.165, 1.54) is 0 Å². The zero-order valence-electron chi connectivity index (χ0n) is 15.3. The highest BCUT2D eigenvalue weighted by Crippen LogP contribution is 2.30. The van der Waals surface area contributed by atoms with Gasteiger partial charge in [-0.15, -0.1) is 0 Å². The molecule has 27 heavy (non-hydrogen) atoms. The molecular formula is C20H21N3O4. The molecule has 1 amide bonds. The first-order valence-electron chi connectivity index (χ1n) is 8.99. The molecule has 1 saturated heterocycles. The van der Waals surface area contributed by atoms with Crippen LogP contribution in [0.1, 0.15) is 37.8 Å². The lowest BCUT2D eigenvalue weighted by Crippen LogP contribution is -2.24. The normalized spacial score (nSPS) is 17.1. The van der Waals surface area contributed by atoms with Gasteiger partial charge in [-0.05, 0) is 50.2 Å². The van der Waals surface area contributed by atoms with Gasteiger partial charge in [0.05, 0.1) is 24.8 Å². The third-order valence-electron chi connectivity index (χ3n) is 4.42. The number of furan rings is 1. The Kier molecular flexibility index (Phi) is 4.66. The molecule has 1 aliphatic rings. The zero-order chi connectivity index (χ0) is 18.8. The van der Waals surface area contributed by atoms with E-state index in [9.17, 15) is 4.79 Å². The third kappa shape index (κ3) is 3.86. The van der Waals surface area contributed by atoms with Crippen LogP contribution in [0, 0.1) is 0 Å². The Bertz CT molecular complexity index is 900. The molecule has 3 heterocycles. The topological polar surface area (TPSA) is 81.6 Å². The monoisotopic (exact) mass is 367 g/mol. The third-order valence-corrected chi connectivity index (χ3v) is 4.42. The number of rotatable bonds is 6. The van der Waals surface area contributed by atoms with Crippen LogP contribution < -0.4 is 4.74 Å². The largest absolute Gasteiger partial charge is 0.491 e. The summed E-state index contributed by atoms with van der Waals surface area (Å²) in [6.07, 6.45) is 2.09. The van der Waals surface area contributed by atoms with Gasteiger partial charge in [0.2, 0.25) is 17.6 Å². The van der Waals surface area contributed by atoms with Crippen LogP contribution in [0.4, 0.5) is 0 Å². The molecule has 1 aromatic carbocycles. The molecule has 7 heteroatoms. The average Bonchev–Trinajstić information content (AvgIpc) is 3.38. The molecular weight excluding hydrogens is 346 g/mol. The highest BCUT2D eigenvalue weighted by Gasteiger charge is 2.34. The van der Waals surface area contributed by atoms with Gasteiger partial charge in [0.15, 0.2) is 0 Å². The second-order valence-corrected chi connectivity index (χ2v) is 6.90. The van der Waals surface area contributed by atoms with Crippen molar-refractivity contribution in [3.05, 3.63) is 54.3 Å². The van der Waals surface area contributed by atoms with E-state index < -0.39 is 0 Å². The molecule has 1 unspecified atom stereocenters. The average molecular weight is 367 g/mol. The molecule has 4 rings (SSSR count). The van der Waals surface area contributed by atoms with E-state index in [1.807, 2.05) is 50.2 Å². The smallest absolute Gasteiger partial charge is 0.232 e. The predicted molar refractivity (Wildman–Crippen MR) is 97.0 cm³/mol. The highest BCUT2D eigenvalue weighted by molar-refractivity contribution is 5.79. The predicted octanol–water partition coefficient (Wildman–Crippen LogP) is 3.63. The number of ether oxygens (including phenoxy) is 1. The van der Waals surface area contributed by atoms with Crippen LogP contribution in [0.25, 0.3) is 11.4 Å². The van der Waals surface area contributed by atoms with Crippen LogP contribution in [0.2, 0.25) is 0 Å². The van der Waals surface area contributed by atoms with Crippen molar-refractivity contribution in [1.29, 1.82) is 0 Å². The lowest BCUT2D eigenvalue weighted by molar-refractivity contribution is -0.128. The maximum atomic E-state index is 12.3.